The molecule has 0 saturated heterocycles. The molecule has 2 N–H and O–H groups in total. The molecule has 0 aliphatic heterocycles. The molecule has 1 aliphatic carbocycles. The van der Waals surface area contributed by atoms with Crippen LogP contribution in [-0.4, -0.2) is 23.2 Å². The van der Waals surface area contributed by atoms with Crippen LogP contribution in [0.3, 0.4) is 0 Å². The molecule has 0 heterocycles. The van der Waals surface area contributed by atoms with Crippen molar-refractivity contribution in [2.75, 3.05) is 6.61 Å². The van der Waals surface area contributed by atoms with E-state index < -0.39 is 0 Å². The Labute approximate surface area is 116 Å². The number of benzene rings is 1. The minimum Gasteiger partial charge on any atom is -0.394 e. The number of aliphatic hydroxyl groups excluding tert-OH is 1. The zero-order valence-electron chi connectivity index (χ0n) is 8.46. The lowest BCUT2D eigenvalue weighted by Crippen LogP contribution is -2.39. The van der Waals surface area contributed by atoms with E-state index in [-0.39, 0.29) is 18.1 Å². The van der Waals surface area contributed by atoms with E-state index in [0.29, 0.717) is 5.56 Å². The molecule has 16 heavy (non-hydrogen) atoms. The number of carbonyl (C=O) groups excluding carboxylic acids is 1. The Balaban J connectivity index is 2.17. The maximum atomic E-state index is 12.0. The summed E-state index contributed by atoms with van der Waals surface area (Å²) in [6.07, 6.45) is 1.72. The van der Waals surface area contributed by atoms with Gasteiger partial charge in [-0.1, -0.05) is 0 Å². The predicted octanol–water partition coefficient (Wildman–Crippen LogP) is 2.31. The third-order valence-corrected chi connectivity index (χ3v) is 4.07. The fourth-order valence-corrected chi connectivity index (χ4v) is 2.37. The van der Waals surface area contributed by atoms with Crippen LogP contribution in [0.1, 0.15) is 23.2 Å². The van der Waals surface area contributed by atoms with Gasteiger partial charge >= 0.3 is 0 Å². The number of aliphatic hydroxyl groups is 1. The molecule has 1 aromatic rings. The van der Waals surface area contributed by atoms with Crippen LogP contribution >= 0.6 is 38.5 Å². The normalized spacial score (nSPS) is 16.9. The maximum Gasteiger partial charge on any atom is 0.252 e. The van der Waals surface area contributed by atoms with Crippen LogP contribution in [0, 0.1) is 3.57 Å². The Morgan fingerprint density at radius 1 is 1.56 bits per heavy atom. The van der Waals surface area contributed by atoms with Gasteiger partial charge in [-0.25, -0.2) is 0 Å². The molecule has 0 atom stereocenters. The molecule has 1 fully saturated rings. The lowest BCUT2D eigenvalue weighted by molar-refractivity contribution is 0.0906. The molecule has 1 saturated carbocycles. The van der Waals surface area contributed by atoms with Gasteiger partial charge in [-0.05, 0) is 69.6 Å². The Kier molecular flexibility index (Phi) is 3.56. The summed E-state index contributed by atoms with van der Waals surface area (Å²) in [4.78, 5) is 12.0. The van der Waals surface area contributed by atoms with E-state index in [9.17, 15) is 4.79 Å². The molecule has 5 heteroatoms. The molecular formula is C11H11BrINO2. The molecule has 1 aliphatic rings. The number of hydrogen-bond acceptors (Lipinski definition) is 2. The van der Waals surface area contributed by atoms with Gasteiger partial charge in [0.1, 0.15) is 0 Å². The highest BCUT2D eigenvalue weighted by atomic mass is 127. The zero-order valence-corrected chi connectivity index (χ0v) is 12.2. The first-order valence-corrected chi connectivity index (χ1v) is 6.82. The summed E-state index contributed by atoms with van der Waals surface area (Å²) in [6.45, 7) is 0.0142. The van der Waals surface area contributed by atoms with Gasteiger partial charge in [0.15, 0.2) is 0 Å². The minimum absolute atomic E-state index is 0.0142. The first-order chi connectivity index (χ1) is 7.56. The number of halogens is 2. The molecule has 0 bridgehead atoms. The highest BCUT2D eigenvalue weighted by molar-refractivity contribution is 14.1. The highest BCUT2D eigenvalue weighted by Gasteiger charge is 2.43. The average molecular weight is 396 g/mol. The summed E-state index contributed by atoms with van der Waals surface area (Å²) in [5.41, 5.74) is 0.254. The number of rotatable bonds is 3. The van der Waals surface area contributed by atoms with Crippen LogP contribution in [0.2, 0.25) is 0 Å². The van der Waals surface area contributed by atoms with Crippen molar-refractivity contribution in [1.82, 2.24) is 5.32 Å². The van der Waals surface area contributed by atoms with E-state index in [1.165, 1.54) is 0 Å². The van der Waals surface area contributed by atoms with Crippen LogP contribution in [0.4, 0.5) is 0 Å². The molecule has 1 aromatic carbocycles. The largest absolute Gasteiger partial charge is 0.394 e. The van der Waals surface area contributed by atoms with E-state index in [0.717, 1.165) is 20.9 Å². The Hall–Kier alpha value is -0.140. The van der Waals surface area contributed by atoms with Crippen LogP contribution in [-0.2, 0) is 0 Å². The van der Waals surface area contributed by atoms with Crippen LogP contribution < -0.4 is 5.32 Å². The second-order valence-corrected chi connectivity index (χ2v) is 6.12. The van der Waals surface area contributed by atoms with Gasteiger partial charge in [0, 0.05) is 8.04 Å². The second-order valence-electron chi connectivity index (χ2n) is 4.02. The molecule has 1 amide bonds. The fraction of sp³-hybridized carbons (Fsp3) is 0.364. The number of hydrogen-bond donors (Lipinski definition) is 2. The van der Waals surface area contributed by atoms with E-state index in [2.05, 4.69) is 43.8 Å². The van der Waals surface area contributed by atoms with E-state index in [1.54, 1.807) is 0 Å². The smallest absolute Gasteiger partial charge is 0.252 e. The van der Waals surface area contributed by atoms with Crippen LogP contribution in [0.15, 0.2) is 22.7 Å². The molecule has 0 spiro atoms. The predicted molar refractivity (Wildman–Crippen MR) is 73.4 cm³/mol. The van der Waals surface area contributed by atoms with Crippen LogP contribution in [0.5, 0.6) is 0 Å². The van der Waals surface area contributed by atoms with Crippen LogP contribution in [0.25, 0.3) is 0 Å². The van der Waals surface area contributed by atoms with E-state index >= 15 is 0 Å². The molecule has 0 radical (unpaired) electrons. The van der Waals surface area contributed by atoms with Crippen molar-refractivity contribution in [1.29, 1.82) is 0 Å². The van der Waals surface area contributed by atoms with Gasteiger partial charge in [-0.3, -0.25) is 4.79 Å². The van der Waals surface area contributed by atoms with Crippen molar-refractivity contribution in [3.63, 3.8) is 0 Å². The Morgan fingerprint density at radius 3 is 2.81 bits per heavy atom. The summed E-state index contributed by atoms with van der Waals surface area (Å²) in [5.74, 6) is -0.128. The average Bonchev–Trinajstić information content (AvgIpc) is 3.02. The summed E-state index contributed by atoms with van der Waals surface area (Å²) >= 11 is 5.52. The maximum absolute atomic E-state index is 12.0. The molecular weight excluding hydrogens is 385 g/mol. The summed E-state index contributed by atoms with van der Waals surface area (Å²) in [7, 11) is 0. The monoisotopic (exact) mass is 395 g/mol. The standard InChI is InChI=1S/C11H11BrINO2/c12-9-2-1-7(13)5-8(9)10(16)14-11(6-15)3-4-11/h1-2,5,15H,3-4,6H2,(H,14,16). The van der Waals surface area contributed by atoms with Crippen molar-refractivity contribution in [3.8, 4) is 0 Å². The molecule has 2 rings (SSSR count). The zero-order chi connectivity index (χ0) is 11.8. The third-order valence-electron chi connectivity index (χ3n) is 2.71. The van der Waals surface area contributed by atoms with Gasteiger partial charge in [-0.15, -0.1) is 0 Å². The number of nitrogens with one attached hydrogen (secondary N) is 1. The quantitative estimate of drug-likeness (QED) is 0.771. The summed E-state index contributed by atoms with van der Waals surface area (Å²) < 4.78 is 1.79. The molecule has 86 valence electrons. The van der Waals surface area contributed by atoms with Crippen molar-refractivity contribution in [3.05, 3.63) is 31.8 Å². The number of amides is 1. The molecule has 0 unspecified atom stereocenters. The fourth-order valence-electron chi connectivity index (χ4n) is 1.45. The Morgan fingerprint density at radius 2 is 2.25 bits per heavy atom. The SMILES string of the molecule is O=C(NC1(CO)CC1)c1cc(I)ccc1Br. The number of carbonyl (C=O) groups is 1. The van der Waals surface area contributed by atoms with E-state index in [4.69, 9.17) is 5.11 Å². The first kappa shape index (κ1) is 12.3. The van der Waals surface area contributed by atoms with Gasteiger partial charge in [0.25, 0.3) is 5.91 Å². The Bertz CT molecular complexity index is 432. The second kappa shape index (κ2) is 4.62. The molecule has 0 aromatic heterocycles. The lowest BCUT2D eigenvalue weighted by atomic mass is 10.2. The third kappa shape index (κ3) is 2.57. The van der Waals surface area contributed by atoms with Crippen molar-refractivity contribution in [2.45, 2.75) is 18.4 Å². The van der Waals surface area contributed by atoms with E-state index in [1.807, 2.05) is 18.2 Å². The van der Waals surface area contributed by atoms with Gasteiger partial charge < -0.3 is 10.4 Å². The minimum atomic E-state index is -0.363. The topological polar surface area (TPSA) is 49.3 Å². The van der Waals surface area contributed by atoms with Crippen molar-refractivity contribution < 1.29 is 9.90 Å². The van der Waals surface area contributed by atoms with Gasteiger partial charge in [-0.2, -0.15) is 0 Å². The van der Waals surface area contributed by atoms with Crippen molar-refractivity contribution in [2.24, 2.45) is 0 Å². The van der Waals surface area contributed by atoms with Gasteiger partial charge in [0.05, 0.1) is 17.7 Å². The summed E-state index contributed by atoms with van der Waals surface area (Å²) in [5, 5.41) is 12.0. The lowest BCUT2D eigenvalue weighted by Gasteiger charge is -2.15. The first-order valence-electron chi connectivity index (χ1n) is 4.95. The highest BCUT2D eigenvalue weighted by Crippen LogP contribution is 2.35. The molecule has 3 nitrogen and oxygen atoms in total. The van der Waals surface area contributed by atoms with Gasteiger partial charge in [0.2, 0.25) is 0 Å². The summed E-state index contributed by atoms with van der Waals surface area (Å²) in [6, 6.07) is 5.61. The van der Waals surface area contributed by atoms with Crippen molar-refractivity contribution >= 4 is 44.4 Å².